The Bertz CT molecular complexity index is 1040. The molecule has 9 heteroatoms. The first-order valence-corrected chi connectivity index (χ1v) is 10.7. The molecule has 2 aromatic rings. The van der Waals surface area contributed by atoms with Gasteiger partial charge in [0.25, 0.3) is 5.91 Å². The number of sulfonamides is 1. The number of anilines is 1. The highest BCUT2D eigenvalue weighted by atomic mass is 32.2. The largest absolute Gasteiger partial charge is 0.387 e. The molecule has 0 bridgehead atoms. The number of rotatable bonds is 4. The molecular weight excluding hydrogens is 397 g/mol. The molecule has 2 heterocycles. The minimum atomic E-state index is -3.79. The standard InChI is InChI=1S/C20H20FN3O4S/c21-15-7-9-17(10-8-15)29(26,27)24-12-4-11-20(14-24)13-18(23-28-20)19(25)22-16-5-2-1-3-6-16/h1-3,5-10H,4,11-14H2,(H,22,25). The van der Waals surface area contributed by atoms with Crippen molar-refractivity contribution >= 4 is 27.3 Å². The summed E-state index contributed by atoms with van der Waals surface area (Å²) < 4.78 is 40.3. The highest BCUT2D eigenvalue weighted by Crippen LogP contribution is 2.35. The molecule has 2 aliphatic heterocycles. The van der Waals surface area contributed by atoms with E-state index >= 15 is 0 Å². The van der Waals surface area contributed by atoms with Gasteiger partial charge in [-0.25, -0.2) is 12.8 Å². The predicted octanol–water partition coefficient (Wildman–Crippen LogP) is 2.76. The van der Waals surface area contributed by atoms with Crippen LogP contribution in [0.25, 0.3) is 0 Å². The highest BCUT2D eigenvalue weighted by Gasteiger charge is 2.47. The van der Waals surface area contributed by atoms with Crippen LogP contribution in [0.15, 0.2) is 64.6 Å². The Morgan fingerprint density at radius 1 is 1.14 bits per heavy atom. The van der Waals surface area contributed by atoms with Gasteiger partial charge in [0.2, 0.25) is 10.0 Å². The molecule has 29 heavy (non-hydrogen) atoms. The molecule has 1 unspecified atom stereocenters. The van der Waals surface area contributed by atoms with Crippen molar-refractivity contribution in [3.63, 3.8) is 0 Å². The molecule has 1 spiro atoms. The second-order valence-electron chi connectivity index (χ2n) is 7.21. The smallest absolute Gasteiger partial charge is 0.273 e. The van der Waals surface area contributed by atoms with E-state index in [2.05, 4.69) is 10.5 Å². The summed E-state index contributed by atoms with van der Waals surface area (Å²) in [6.07, 6.45) is 1.39. The number of hydrogen-bond donors (Lipinski definition) is 1. The van der Waals surface area contributed by atoms with Gasteiger partial charge in [0, 0.05) is 18.7 Å². The second-order valence-corrected chi connectivity index (χ2v) is 9.14. The zero-order valence-electron chi connectivity index (χ0n) is 15.5. The van der Waals surface area contributed by atoms with E-state index in [0.29, 0.717) is 25.1 Å². The van der Waals surface area contributed by atoms with Gasteiger partial charge in [-0.1, -0.05) is 23.4 Å². The Kier molecular flexibility index (Phi) is 5.10. The van der Waals surface area contributed by atoms with Crippen LogP contribution in [0.2, 0.25) is 0 Å². The summed E-state index contributed by atoms with van der Waals surface area (Å²) in [5.41, 5.74) is 0.00882. The summed E-state index contributed by atoms with van der Waals surface area (Å²) in [6.45, 7) is 0.411. The maximum absolute atomic E-state index is 13.2. The Morgan fingerprint density at radius 2 is 1.86 bits per heavy atom. The van der Waals surface area contributed by atoms with Crippen molar-refractivity contribution in [2.24, 2.45) is 5.16 Å². The first-order chi connectivity index (χ1) is 13.9. The van der Waals surface area contributed by atoms with Gasteiger partial charge in [0.15, 0.2) is 5.60 Å². The summed E-state index contributed by atoms with van der Waals surface area (Å²) in [7, 11) is -3.79. The monoisotopic (exact) mass is 417 g/mol. The van der Waals surface area contributed by atoms with Crippen molar-refractivity contribution < 1.29 is 22.4 Å². The molecule has 0 aromatic heterocycles. The van der Waals surface area contributed by atoms with E-state index in [1.165, 1.54) is 16.4 Å². The average Bonchev–Trinajstić information content (AvgIpc) is 3.12. The number of oxime groups is 1. The molecule has 2 aromatic carbocycles. The lowest BCUT2D eigenvalue weighted by atomic mass is 9.89. The Labute approximate surface area is 168 Å². The fraction of sp³-hybridized carbons (Fsp3) is 0.300. The molecule has 1 amide bonds. The van der Waals surface area contributed by atoms with E-state index in [1.807, 2.05) is 18.2 Å². The van der Waals surface area contributed by atoms with Gasteiger partial charge in [-0.15, -0.1) is 0 Å². The molecule has 1 saturated heterocycles. The third kappa shape index (κ3) is 4.01. The van der Waals surface area contributed by atoms with Crippen LogP contribution in [0, 0.1) is 5.82 Å². The highest BCUT2D eigenvalue weighted by molar-refractivity contribution is 7.89. The number of nitrogens with zero attached hydrogens (tertiary/aromatic N) is 2. The van der Waals surface area contributed by atoms with E-state index in [0.717, 1.165) is 12.1 Å². The predicted molar refractivity (Wildman–Crippen MR) is 105 cm³/mol. The van der Waals surface area contributed by atoms with E-state index in [-0.39, 0.29) is 29.5 Å². The molecule has 7 nitrogen and oxygen atoms in total. The average molecular weight is 417 g/mol. The van der Waals surface area contributed by atoms with Crippen molar-refractivity contribution in [2.75, 3.05) is 18.4 Å². The number of amides is 1. The number of hydrogen-bond acceptors (Lipinski definition) is 5. The summed E-state index contributed by atoms with van der Waals surface area (Å²) in [5, 5.41) is 6.70. The van der Waals surface area contributed by atoms with Crippen molar-refractivity contribution in [1.29, 1.82) is 0 Å². The van der Waals surface area contributed by atoms with Crippen LogP contribution in [-0.4, -0.2) is 43.0 Å². The number of carbonyl (C=O) groups is 1. The third-order valence-electron chi connectivity index (χ3n) is 5.09. The number of benzene rings is 2. The first kappa shape index (κ1) is 19.5. The molecule has 2 aliphatic rings. The van der Waals surface area contributed by atoms with Gasteiger partial charge in [-0.2, -0.15) is 4.31 Å². The maximum atomic E-state index is 13.2. The van der Waals surface area contributed by atoms with Gasteiger partial charge in [-0.3, -0.25) is 4.79 Å². The summed E-state index contributed by atoms with van der Waals surface area (Å²) in [6, 6.07) is 13.7. The minimum Gasteiger partial charge on any atom is -0.387 e. The molecule has 1 atom stereocenters. The van der Waals surface area contributed by atoms with Gasteiger partial charge in [0.05, 0.1) is 11.4 Å². The molecule has 0 radical (unpaired) electrons. The van der Waals surface area contributed by atoms with Crippen LogP contribution in [0.3, 0.4) is 0 Å². The summed E-state index contributed by atoms with van der Waals surface area (Å²) in [5.74, 6) is -0.868. The molecule has 0 saturated carbocycles. The van der Waals surface area contributed by atoms with Gasteiger partial charge < -0.3 is 10.2 Å². The lowest BCUT2D eigenvalue weighted by molar-refractivity contribution is -0.110. The first-order valence-electron chi connectivity index (χ1n) is 9.25. The molecular formula is C20H20FN3O4S. The summed E-state index contributed by atoms with van der Waals surface area (Å²) in [4.78, 5) is 18.1. The van der Waals surface area contributed by atoms with E-state index < -0.39 is 21.4 Å². The van der Waals surface area contributed by atoms with Crippen LogP contribution in [0.1, 0.15) is 19.3 Å². The zero-order valence-corrected chi connectivity index (χ0v) is 16.4. The molecule has 1 N–H and O–H groups in total. The van der Waals surface area contributed by atoms with Crippen molar-refractivity contribution in [3.05, 3.63) is 60.4 Å². The van der Waals surface area contributed by atoms with Crippen molar-refractivity contribution in [1.82, 2.24) is 4.31 Å². The Morgan fingerprint density at radius 3 is 2.59 bits per heavy atom. The minimum absolute atomic E-state index is 0.0249. The summed E-state index contributed by atoms with van der Waals surface area (Å²) >= 11 is 0. The Balaban J connectivity index is 1.46. The fourth-order valence-corrected chi connectivity index (χ4v) is 5.16. The van der Waals surface area contributed by atoms with Crippen molar-refractivity contribution in [2.45, 2.75) is 29.8 Å². The van der Waals surface area contributed by atoms with Crippen LogP contribution in [0.5, 0.6) is 0 Å². The second kappa shape index (κ2) is 7.57. The molecule has 4 rings (SSSR count). The maximum Gasteiger partial charge on any atom is 0.273 e. The number of piperidine rings is 1. The number of halogens is 1. The molecule has 152 valence electrons. The normalized spacial score (nSPS) is 22.2. The Hall–Kier alpha value is -2.78. The van der Waals surface area contributed by atoms with Crippen LogP contribution in [-0.2, 0) is 19.7 Å². The fourth-order valence-electron chi connectivity index (χ4n) is 3.60. The van der Waals surface area contributed by atoms with E-state index in [1.54, 1.807) is 12.1 Å². The number of carbonyl (C=O) groups excluding carboxylic acids is 1. The van der Waals surface area contributed by atoms with Crippen molar-refractivity contribution in [3.8, 4) is 0 Å². The van der Waals surface area contributed by atoms with Gasteiger partial charge in [-0.05, 0) is 49.2 Å². The molecule has 0 aliphatic carbocycles. The van der Waals surface area contributed by atoms with Crippen LogP contribution in [0.4, 0.5) is 10.1 Å². The van der Waals surface area contributed by atoms with Crippen LogP contribution < -0.4 is 5.32 Å². The quantitative estimate of drug-likeness (QED) is 0.829. The zero-order chi connectivity index (χ0) is 20.5. The number of para-hydroxylation sites is 1. The topological polar surface area (TPSA) is 88.1 Å². The SMILES string of the molecule is O=C(Nc1ccccc1)C1=NOC2(CCCN(S(=O)(=O)c3ccc(F)cc3)C2)C1. The third-order valence-corrected chi connectivity index (χ3v) is 6.95. The lowest BCUT2D eigenvalue weighted by Crippen LogP contribution is -2.50. The van der Waals surface area contributed by atoms with E-state index in [4.69, 9.17) is 4.84 Å². The van der Waals surface area contributed by atoms with Gasteiger partial charge in [0.1, 0.15) is 11.5 Å². The lowest BCUT2D eigenvalue weighted by Gasteiger charge is -2.37. The van der Waals surface area contributed by atoms with Gasteiger partial charge >= 0.3 is 0 Å². The van der Waals surface area contributed by atoms with Crippen LogP contribution >= 0.6 is 0 Å². The molecule has 1 fully saturated rings. The van der Waals surface area contributed by atoms with E-state index in [9.17, 15) is 17.6 Å². The number of nitrogens with one attached hydrogen (secondary N) is 1.